The van der Waals surface area contributed by atoms with E-state index in [9.17, 15) is 4.79 Å². The molecule has 0 spiro atoms. The summed E-state index contributed by atoms with van der Waals surface area (Å²) in [4.78, 5) is 18.4. The smallest absolute Gasteiger partial charge is 0.283 e. The second-order valence-electron chi connectivity index (χ2n) is 5.96. The van der Waals surface area contributed by atoms with E-state index in [1.165, 1.54) is 5.06 Å². The van der Waals surface area contributed by atoms with Gasteiger partial charge in [-0.2, -0.15) is 10.0 Å². The van der Waals surface area contributed by atoms with Gasteiger partial charge in [0.1, 0.15) is 11.4 Å². The zero-order valence-electron chi connectivity index (χ0n) is 14.0. The Hall–Kier alpha value is -2.51. The molecule has 2 aliphatic rings. The van der Waals surface area contributed by atoms with E-state index < -0.39 is 0 Å². The summed E-state index contributed by atoms with van der Waals surface area (Å²) >= 11 is 0. The molecule has 1 aromatic carbocycles. The molecule has 0 radical (unpaired) electrons. The van der Waals surface area contributed by atoms with Gasteiger partial charge in [0.05, 0.1) is 24.1 Å². The van der Waals surface area contributed by atoms with Gasteiger partial charge >= 0.3 is 0 Å². The molecule has 0 fully saturated rings. The Balaban J connectivity index is 2.01. The second-order valence-corrected chi connectivity index (χ2v) is 5.96. The molecule has 126 valence electrons. The number of amides is 1. The number of hydroxylamine groups is 3. The van der Waals surface area contributed by atoms with Crippen molar-refractivity contribution in [3.05, 3.63) is 35.5 Å². The maximum absolute atomic E-state index is 12.8. The first-order chi connectivity index (χ1) is 11.6. The average Bonchev–Trinajstić information content (AvgIpc) is 2.95. The van der Waals surface area contributed by atoms with Gasteiger partial charge in [-0.1, -0.05) is 12.1 Å². The predicted molar refractivity (Wildman–Crippen MR) is 89.7 cm³/mol. The molecule has 0 bridgehead atoms. The number of carbonyl (C=O) groups is 1. The van der Waals surface area contributed by atoms with E-state index in [2.05, 4.69) is 9.88 Å². The van der Waals surface area contributed by atoms with Crippen molar-refractivity contribution >= 4 is 11.6 Å². The van der Waals surface area contributed by atoms with Crippen molar-refractivity contribution in [2.24, 2.45) is 0 Å². The zero-order chi connectivity index (χ0) is 16.8. The van der Waals surface area contributed by atoms with Gasteiger partial charge in [-0.05, 0) is 12.1 Å². The van der Waals surface area contributed by atoms with Crippen LogP contribution in [0.1, 0.15) is 16.1 Å². The fourth-order valence-electron chi connectivity index (χ4n) is 3.51. The van der Waals surface area contributed by atoms with E-state index in [0.29, 0.717) is 12.1 Å². The normalized spacial score (nSPS) is 16.9. The topological polar surface area (TPSA) is 59.0 Å². The molecule has 1 aromatic heterocycles. The Bertz CT molecular complexity index is 814. The summed E-state index contributed by atoms with van der Waals surface area (Å²) in [6.45, 7) is 2.38. The third-order valence-corrected chi connectivity index (χ3v) is 4.55. The van der Waals surface area contributed by atoms with Crippen LogP contribution >= 0.6 is 0 Å². The maximum Gasteiger partial charge on any atom is 0.283 e. The highest BCUT2D eigenvalue weighted by Gasteiger charge is 2.37. The van der Waals surface area contributed by atoms with Crippen LogP contribution in [0.4, 0.5) is 5.69 Å². The summed E-state index contributed by atoms with van der Waals surface area (Å²) in [6, 6.07) is 7.82. The van der Waals surface area contributed by atoms with Crippen LogP contribution in [-0.2, 0) is 18.0 Å². The first-order valence-electron chi connectivity index (χ1n) is 7.92. The minimum absolute atomic E-state index is 0.136. The Kier molecular flexibility index (Phi) is 3.47. The van der Waals surface area contributed by atoms with Crippen LogP contribution in [0.2, 0.25) is 0 Å². The Morgan fingerprint density at radius 2 is 2.08 bits per heavy atom. The number of rotatable bonds is 2. The minimum atomic E-state index is -0.136. The number of nitrogens with one attached hydrogen (secondary N) is 1. The lowest BCUT2D eigenvalue weighted by molar-refractivity contribution is -0.119. The molecule has 4 rings (SSSR count). The fourth-order valence-corrected chi connectivity index (χ4v) is 3.51. The third-order valence-electron chi connectivity index (χ3n) is 4.55. The number of benzene rings is 1. The lowest BCUT2D eigenvalue weighted by atomic mass is 10.0. The number of fused-ring (bicyclic) bond motifs is 3. The SMILES string of the molecule is COc1cccc(-c2c3c(c4n2CCNC4)N(C)ON(C)C3=O)c1. The number of aromatic nitrogens is 1. The molecule has 2 aliphatic heterocycles. The van der Waals surface area contributed by atoms with Gasteiger partial charge in [0.2, 0.25) is 0 Å². The van der Waals surface area contributed by atoms with E-state index in [4.69, 9.17) is 9.68 Å². The van der Waals surface area contributed by atoms with Crippen molar-refractivity contribution in [2.75, 3.05) is 32.8 Å². The van der Waals surface area contributed by atoms with E-state index in [0.717, 1.165) is 41.5 Å². The first kappa shape index (κ1) is 15.0. The molecule has 0 saturated heterocycles. The quantitative estimate of drug-likeness (QED) is 0.908. The second kappa shape index (κ2) is 5.54. The average molecular weight is 328 g/mol. The molecule has 0 aliphatic carbocycles. The van der Waals surface area contributed by atoms with Crippen molar-refractivity contribution in [1.29, 1.82) is 0 Å². The number of hydrogen-bond donors (Lipinski definition) is 1. The van der Waals surface area contributed by atoms with Crippen molar-refractivity contribution in [1.82, 2.24) is 14.9 Å². The number of methoxy groups -OCH3 is 1. The summed E-state index contributed by atoms with van der Waals surface area (Å²) in [5, 5.41) is 6.31. The van der Waals surface area contributed by atoms with Crippen LogP contribution in [0.5, 0.6) is 5.75 Å². The number of anilines is 1. The lowest BCUT2D eigenvalue weighted by Crippen LogP contribution is -2.40. The van der Waals surface area contributed by atoms with E-state index in [-0.39, 0.29) is 5.91 Å². The van der Waals surface area contributed by atoms with Crippen molar-refractivity contribution in [3.8, 4) is 17.0 Å². The van der Waals surface area contributed by atoms with Crippen molar-refractivity contribution < 1.29 is 14.5 Å². The monoisotopic (exact) mass is 328 g/mol. The van der Waals surface area contributed by atoms with Gasteiger partial charge in [0, 0.05) is 39.3 Å². The molecule has 0 unspecified atom stereocenters. The van der Waals surface area contributed by atoms with Gasteiger partial charge in [-0.25, -0.2) is 5.06 Å². The van der Waals surface area contributed by atoms with Gasteiger partial charge in [-0.15, -0.1) is 0 Å². The molecular formula is C17H20N4O3. The molecule has 7 nitrogen and oxygen atoms in total. The molecule has 7 heteroatoms. The van der Waals surface area contributed by atoms with Gasteiger partial charge < -0.3 is 14.6 Å². The van der Waals surface area contributed by atoms with Crippen LogP contribution in [0, 0.1) is 0 Å². The molecular weight excluding hydrogens is 308 g/mol. The number of hydrogen-bond acceptors (Lipinski definition) is 5. The Morgan fingerprint density at radius 3 is 2.88 bits per heavy atom. The van der Waals surface area contributed by atoms with E-state index >= 15 is 0 Å². The highest BCUT2D eigenvalue weighted by molar-refractivity contribution is 6.07. The maximum atomic E-state index is 12.8. The Morgan fingerprint density at radius 1 is 1.25 bits per heavy atom. The van der Waals surface area contributed by atoms with Crippen LogP contribution in [0.3, 0.4) is 0 Å². The van der Waals surface area contributed by atoms with Crippen LogP contribution < -0.4 is 15.1 Å². The summed E-state index contributed by atoms with van der Waals surface area (Å²) in [6.07, 6.45) is 0. The molecule has 1 N–H and O–H groups in total. The molecule has 3 heterocycles. The standard InChI is InChI=1S/C17H20N4O3/c1-19-16-13-10-18-7-8-21(13)15(14(16)17(22)20(2)24-19)11-5-4-6-12(9-11)23-3/h4-6,9,18H,7-8,10H2,1-3H3. The molecule has 0 atom stereocenters. The lowest BCUT2D eigenvalue weighted by Gasteiger charge is -2.31. The van der Waals surface area contributed by atoms with Gasteiger partial charge in [-0.3, -0.25) is 4.79 Å². The van der Waals surface area contributed by atoms with E-state index in [1.807, 2.05) is 31.3 Å². The molecule has 24 heavy (non-hydrogen) atoms. The summed E-state index contributed by atoms with van der Waals surface area (Å²) in [7, 11) is 5.10. The fraction of sp³-hybridized carbons (Fsp3) is 0.353. The number of nitrogens with zero attached hydrogens (tertiary/aromatic N) is 3. The molecule has 1 amide bonds. The predicted octanol–water partition coefficient (Wildman–Crippen LogP) is 1.64. The minimum Gasteiger partial charge on any atom is -0.497 e. The summed E-state index contributed by atoms with van der Waals surface area (Å²) in [5.74, 6) is 0.634. The van der Waals surface area contributed by atoms with Crippen molar-refractivity contribution in [2.45, 2.75) is 13.1 Å². The summed E-state index contributed by atoms with van der Waals surface area (Å²) < 4.78 is 7.57. The molecule has 0 saturated carbocycles. The third kappa shape index (κ3) is 2.09. The number of ether oxygens (including phenoxy) is 1. The van der Waals surface area contributed by atoms with E-state index in [1.54, 1.807) is 19.2 Å². The summed E-state index contributed by atoms with van der Waals surface area (Å²) in [5.41, 5.74) is 4.47. The van der Waals surface area contributed by atoms with Crippen LogP contribution in [-0.4, -0.2) is 43.3 Å². The van der Waals surface area contributed by atoms with Crippen molar-refractivity contribution in [3.63, 3.8) is 0 Å². The van der Waals surface area contributed by atoms with Crippen LogP contribution in [0.25, 0.3) is 11.3 Å². The zero-order valence-corrected chi connectivity index (χ0v) is 14.0. The van der Waals surface area contributed by atoms with Gasteiger partial charge in [0.25, 0.3) is 5.91 Å². The highest BCUT2D eigenvalue weighted by atomic mass is 16.8. The Labute approximate surface area is 140 Å². The number of carbonyl (C=O) groups excluding carboxylic acids is 1. The first-order valence-corrected chi connectivity index (χ1v) is 7.92. The highest BCUT2D eigenvalue weighted by Crippen LogP contribution is 2.42. The largest absolute Gasteiger partial charge is 0.497 e. The van der Waals surface area contributed by atoms with Crippen LogP contribution in [0.15, 0.2) is 24.3 Å². The molecule has 2 aromatic rings. The van der Waals surface area contributed by atoms with Gasteiger partial charge in [0.15, 0.2) is 0 Å².